The Morgan fingerprint density at radius 3 is 2.67 bits per heavy atom. The summed E-state index contributed by atoms with van der Waals surface area (Å²) in [4.78, 5) is 12.2. The van der Waals surface area contributed by atoms with Crippen molar-refractivity contribution in [1.82, 2.24) is 3.11 Å². The maximum absolute atomic E-state index is 12.2. The summed E-state index contributed by atoms with van der Waals surface area (Å²) in [6.45, 7) is 7.48. The van der Waals surface area contributed by atoms with Crippen molar-refractivity contribution in [3.8, 4) is 0 Å². The summed E-state index contributed by atoms with van der Waals surface area (Å²) in [6.07, 6.45) is 7.61. The van der Waals surface area contributed by atoms with Crippen LogP contribution in [-0.4, -0.2) is 27.6 Å². The van der Waals surface area contributed by atoms with E-state index in [-0.39, 0.29) is 11.4 Å². The predicted molar refractivity (Wildman–Crippen MR) is 80.3 cm³/mol. The molecule has 2 aliphatic heterocycles. The molecular weight excluding hydrogens is 341 g/mol. The van der Waals surface area contributed by atoms with Crippen molar-refractivity contribution in [2.45, 2.75) is 31.8 Å². The Balaban J connectivity index is 2.18. The molecule has 1 fully saturated rings. The number of allylic oxidation sites excluding steroid dienone is 5. The van der Waals surface area contributed by atoms with Crippen LogP contribution in [0.1, 0.15) is 26.2 Å². The van der Waals surface area contributed by atoms with Crippen molar-refractivity contribution in [2.75, 3.05) is 13.1 Å². The smallest absolute Gasteiger partial charge is 0.170 e. The second-order valence-corrected chi connectivity index (χ2v) is 6.22. The molecule has 0 aromatic carbocycles. The molecule has 0 aromatic rings. The fourth-order valence-electron chi connectivity index (χ4n) is 2.54. The molecule has 0 bridgehead atoms. The number of ether oxygens (including phenoxy) is 1. The summed E-state index contributed by atoms with van der Waals surface area (Å²) in [6, 6.07) is 0. The van der Waals surface area contributed by atoms with Crippen molar-refractivity contribution in [3.05, 3.63) is 36.1 Å². The first kappa shape index (κ1) is 13.8. The maximum atomic E-state index is 12.2. The van der Waals surface area contributed by atoms with Gasteiger partial charge in [0.05, 0.1) is 12.0 Å². The lowest BCUT2D eigenvalue weighted by molar-refractivity contribution is -0.127. The molecule has 0 radical (unpaired) electrons. The molecule has 2 heterocycles. The van der Waals surface area contributed by atoms with Gasteiger partial charge >= 0.3 is 0 Å². The fraction of sp³-hybridized carbons (Fsp3) is 0.500. The van der Waals surface area contributed by atoms with Crippen LogP contribution < -0.4 is 0 Å². The lowest BCUT2D eigenvalue weighted by Crippen LogP contribution is -2.46. The molecule has 2 aliphatic rings. The first-order valence-corrected chi connectivity index (χ1v) is 7.16. The third-order valence-corrected chi connectivity index (χ3v) is 4.52. The van der Waals surface area contributed by atoms with Crippen LogP contribution >= 0.6 is 22.9 Å². The highest BCUT2D eigenvalue weighted by Gasteiger charge is 2.42. The summed E-state index contributed by atoms with van der Waals surface area (Å²) >= 11 is 2.33. The number of piperidine rings is 1. The Hall–Kier alpha value is -0.620. The molecule has 0 aromatic heterocycles. The molecule has 0 unspecified atom stereocenters. The number of rotatable bonds is 2. The molecule has 1 saturated heterocycles. The van der Waals surface area contributed by atoms with Gasteiger partial charge in [-0.15, -0.1) is 0 Å². The van der Waals surface area contributed by atoms with E-state index >= 15 is 0 Å². The second kappa shape index (κ2) is 5.57. The van der Waals surface area contributed by atoms with Gasteiger partial charge < -0.3 is 4.74 Å². The van der Waals surface area contributed by atoms with Gasteiger partial charge in [0, 0.05) is 48.8 Å². The molecule has 0 amide bonds. The van der Waals surface area contributed by atoms with Crippen LogP contribution in [0, 0.1) is 0 Å². The Morgan fingerprint density at radius 2 is 2.11 bits per heavy atom. The topological polar surface area (TPSA) is 29.5 Å². The molecule has 98 valence electrons. The highest BCUT2D eigenvalue weighted by molar-refractivity contribution is 14.1. The number of carbonyl (C=O) groups excluding carboxylic acids is 1. The molecule has 1 spiro atoms. The zero-order valence-electron chi connectivity index (χ0n) is 10.6. The minimum atomic E-state index is -0.256. The van der Waals surface area contributed by atoms with E-state index in [0.29, 0.717) is 12.0 Å². The highest BCUT2D eigenvalue weighted by Crippen LogP contribution is 2.38. The third-order valence-electron chi connectivity index (χ3n) is 3.55. The molecule has 0 saturated carbocycles. The van der Waals surface area contributed by atoms with E-state index < -0.39 is 0 Å². The predicted octanol–water partition coefficient (Wildman–Crippen LogP) is 3.18. The van der Waals surface area contributed by atoms with Gasteiger partial charge in [0.1, 0.15) is 11.4 Å². The standard InChI is InChI=1S/C14H18INO2/c1-3-4-5-12-11(2)18-14(10-13(12)17)6-8-16(15)9-7-14/h3-5H,1,6-10H2,2H3/b5-4-. The van der Waals surface area contributed by atoms with E-state index in [1.54, 1.807) is 18.2 Å². The van der Waals surface area contributed by atoms with Crippen LogP contribution in [-0.2, 0) is 9.53 Å². The third kappa shape index (κ3) is 2.85. The van der Waals surface area contributed by atoms with Crippen LogP contribution in [0.15, 0.2) is 36.1 Å². The largest absolute Gasteiger partial charge is 0.491 e. The molecule has 2 rings (SSSR count). The molecule has 4 heteroatoms. The SMILES string of the molecule is C=C/C=C\C1=C(C)OC2(CCN(I)CC2)CC1=O. The van der Waals surface area contributed by atoms with Gasteiger partial charge in [0.25, 0.3) is 0 Å². The van der Waals surface area contributed by atoms with Crippen molar-refractivity contribution in [2.24, 2.45) is 0 Å². The molecule has 18 heavy (non-hydrogen) atoms. The van der Waals surface area contributed by atoms with Crippen LogP contribution in [0.25, 0.3) is 0 Å². The maximum Gasteiger partial charge on any atom is 0.170 e. The zero-order valence-corrected chi connectivity index (χ0v) is 12.8. The van der Waals surface area contributed by atoms with Crippen molar-refractivity contribution in [3.63, 3.8) is 0 Å². The summed E-state index contributed by atoms with van der Waals surface area (Å²) in [5.74, 6) is 0.949. The van der Waals surface area contributed by atoms with Crippen molar-refractivity contribution < 1.29 is 9.53 Å². The minimum absolute atomic E-state index is 0.193. The van der Waals surface area contributed by atoms with Gasteiger partial charge in [-0.25, -0.2) is 3.11 Å². The van der Waals surface area contributed by atoms with Crippen LogP contribution in [0.2, 0.25) is 0 Å². The molecule has 3 nitrogen and oxygen atoms in total. The van der Waals surface area contributed by atoms with Gasteiger partial charge in [-0.3, -0.25) is 4.79 Å². The monoisotopic (exact) mass is 359 g/mol. The van der Waals surface area contributed by atoms with E-state index in [2.05, 4.69) is 32.6 Å². The van der Waals surface area contributed by atoms with E-state index in [4.69, 9.17) is 4.74 Å². The lowest BCUT2D eigenvalue weighted by Gasteiger charge is -2.42. The summed E-state index contributed by atoms with van der Waals surface area (Å²) < 4.78 is 8.34. The first-order chi connectivity index (χ1) is 8.56. The minimum Gasteiger partial charge on any atom is -0.491 e. The number of hydrogen-bond donors (Lipinski definition) is 0. The summed E-state index contributed by atoms with van der Waals surface area (Å²) in [5.41, 5.74) is 0.436. The van der Waals surface area contributed by atoms with Crippen LogP contribution in [0.4, 0.5) is 0 Å². The number of Topliss-reactive ketones (excluding diaryl/α,β-unsaturated/α-hetero) is 1. The molecule has 0 N–H and O–H groups in total. The Kier molecular flexibility index (Phi) is 4.27. The molecule has 0 atom stereocenters. The summed E-state index contributed by atoms with van der Waals surface area (Å²) in [5, 5.41) is 0. The number of carbonyl (C=O) groups is 1. The number of nitrogens with zero attached hydrogens (tertiary/aromatic N) is 1. The molecular formula is C14H18INO2. The van der Waals surface area contributed by atoms with Gasteiger partial charge in [-0.05, 0) is 13.0 Å². The van der Waals surface area contributed by atoms with Crippen molar-refractivity contribution >= 4 is 28.6 Å². The Morgan fingerprint density at radius 1 is 1.44 bits per heavy atom. The summed E-state index contributed by atoms with van der Waals surface area (Å²) in [7, 11) is 0. The van der Waals surface area contributed by atoms with Crippen molar-refractivity contribution in [1.29, 1.82) is 0 Å². The zero-order chi connectivity index (χ0) is 13.2. The molecule has 0 aliphatic carbocycles. The lowest BCUT2D eigenvalue weighted by atomic mass is 9.83. The normalized spacial score (nSPS) is 24.7. The van der Waals surface area contributed by atoms with Crippen LogP contribution in [0.3, 0.4) is 0 Å². The van der Waals surface area contributed by atoms with E-state index in [1.165, 1.54) is 0 Å². The number of ketones is 1. The Labute approximate surface area is 122 Å². The van der Waals surface area contributed by atoms with Gasteiger partial charge in [0.15, 0.2) is 5.78 Å². The van der Waals surface area contributed by atoms with E-state index in [1.807, 2.05) is 6.92 Å². The van der Waals surface area contributed by atoms with Gasteiger partial charge in [0.2, 0.25) is 0 Å². The van der Waals surface area contributed by atoms with Gasteiger partial charge in [-0.2, -0.15) is 0 Å². The quantitative estimate of drug-likeness (QED) is 0.431. The van der Waals surface area contributed by atoms with E-state index in [0.717, 1.165) is 31.7 Å². The first-order valence-electron chi connectivity index (χ1n) is 6.19. The highest BCUT2D eigenvalue weighted by atomic mass is 127. The average Bonchev–Trinajstić information content (AvgIpc) is 2.32. The average molecular weight is 359 g/mol. The fourth-order valence-corrected chi connectivity index (χ4v) is 3.02. The number of hydrogen-bond acceptors (Lipinski definition) is 3. The Bertz CT molecular complexity index is 418. The number of halogens is 1. The van der Waals surface area contributed by atoms with Gasteiger partial charge in [-0.1, -0.05) is 18.7 Å². The second-order valence-electron chi connectivity index (χ2n) is 4.86. The van der Waals surface area contributed by atoms with Crippen LogP contribution in [0.5, 0.6) is 0 Å². The van der Waals surface area contributed by atoms with E-state index in [9.17, 15) is 4.79 Å².